The first-order valence-corrected chi connectivity index (χ1v) is 6.83. The number of aromatic carboxylic acids is 1. The third kappa shape index (κ3) is 2.99. The van der Waals surface area contributed by atoms with Crippen molar-refractivity contribution in [3.05, 3.63) is 41.8 Å². The first-order valence-electron chi connectivity index (χ1n) is 6.83. The van der Waals surface area contributed by atoms with E-state index in [1.54, 1.807) is 10.8 Å². The number of hydrogen-bond donors (Lipinski definition) is 2. The highest BCUT2D eigenvalue weighted by atomic mass is 16.4. The van der Waals surface area contributed by atoms with Crippen LogP contribution in [-0.4, -0.2) is 33.4 Å². The van der Waals surface area contributed by atoms with Gasteiger partial charge < -0.3 is 10.4 Å². The van der Waals surface area contributed by atoms with Gasteiger partial charge in [0.2, 0.25) is 0 Å². The summed E-state index contributed by atoms with van der Waals surface area (Å²) in [6.45, 7) is 10.9. The molecule has 1 unspecified atom stereocenters. The Kier molecular flexibility index (Phi) is 4.39. The number of carbonyl (C=O) groups is 1. The van der Waals surface area contributed by atoms with Gasteiger partial charge in [0, 0.05) is 23.8 Å². The monoisotopic (exact) mass is 275 g/mol. The lowest BCUT2D eigenvalue weighted by molar-refractivity contribution is 0.0688. The van der Waals surface area contributed by atoms with Gasteiger partial charge in [0.1, 0.15) is 0 Å². The van der Waals surface area contributed by atoms with E-state index >= 15 is 0 Å². The summed E-state index contributed by atoms with van der Waals surface area (Å²) < 4.78 is 1.76. The number of nitrogens with one attached hydrogen (secondary N) is 1. The summed E-state index contributed by atoms with van der Waals surface area (Å²) in [5.41, 5.74) is 3.17. The Labute approximate surface area is 119 Å². The molecule has 0 radical (unpaired) electrons. The lowest BCUT2D eigenvalue weighted by Crippen LogP contribution is -2.36. The molecule has 20 heavy (non-hydrogen) atoms. The Morgan fingerprint density at radius 2 is 2.40 bits per heavy atom. The molecule has 5 nitrogen and oxygen atoms in total. The fourth-order valence-corrected chi connectivity index (χ4v) is 2.63. The van der Waals surface area contributed by atoms with Crippen LogP contribution in [0.5, 0.6) is 0 Å². The average Bonchev–Trinajstić information content (AvgIpc) is 2.75. The smallest absolute Gasteiger partial charge is 0.356 e. The molecule has 1 atom stereocenters. The molecular formula is C15H21N3O2. The van der Waals surface area contributed by atoms with E-state index in [0.717, 1.165) is 36.2 Å². The van der Waals surface area contributed by atoms with Crippen molar-refractivity contribution in [2.45, 2.75) is 38.8 Å². The summed E-state index contributed by atoms with van der Waals surface area (Å²) in [4.78, 5) is 11.3. The molecule has 0 fully saturated rings. The van der Waals surface area contributed by atoms with Crippen molar-refractivity contribution in [3.63, 3.8) is 0 Å². The number of fused-ring (bicyclic) bond motifs is 1. The molecule has 2 rings (SSSR count). The average molecular weight is 275 g/mol. The minimum Gasteiger partial charge on any atom is -0.476 e. The number of nitrogens with zero attached hydrogens (tertiary/aromatic N) is 2. The molecule has 0 aliphatic heterocycles. The van der Waals surface area contributed by atoms with E-state index in [1.165, 1.54) is 0 Å². The van der Waals surface area contributed by atoms with Crippen LogP contribution in [0.1, 0.15) is 35.1 Å². The predicted molar refractivity (Wildman–Crippen MR) is 78.0 cm³/mol. The summed E-state index contributed by atoms with van der Waals surface area (Å²) in [5.74, 6) is -0.954. The zero-order chi connectivity index (χ0) is 14.7. The van der Waals surface area contributed by atoms with Gasteiger partial charge in [-0.15, -0.1) is 6.58 Å². The maximum absolute atomic E-state index is 11.3. The lowest BCUT2D eigenvalue weighted by Gasteiger charge is -2.24. The van der Waals surface area contributed by atoms with Crippen molar-refractivity contribution >= 4 is 5.97 Å². The predicted octanol–water partition coefficient (Wildman–Crippen LogP) is 1.79. The van der Waals surface area contributed by atoms with Gasteiger partial charge in [0.15, 0.2) is 5.69 Å². The van der Waals surface area contributed by atoms with Crippen molar-refractivity contribution in [1.29, 1.82) is 0 Å². The van der Waals surface area contributed by atoms with Gasteiger partial charge in [-0.2, -0.15) is 5.10 Å². The second-order valence-electron chi connectivity index (χ2n) is 5.33. The number of hydrogen-bond acceptors (Lipinski definition) is 3. The van der Waals surface area contributed by atoms with Crippen molar-refractivity contribution in [2.75, 3.05) is 6.54 Å². The first kappa shape index (κ1) is 14.5. The van der Waals surface area contributed by atoms with E-state index in [2.05, 4.69) is 23.6 Å². The first-order chi connectivity index (χ1) is 9.52. The normalized spacial score (nSPS) is 17.6. The zero-order valence-electron chi connectivity index (χ0n) is 11.9. The SMILES string of the molecule is C=CCn1nc(C(=O)O)c2c1CCC(NCC(=C)C)C2. The number of allylic oxidation sites excluding steroid dienone is 1. The van der Waals surface area contributed by atoms with Crippen LogP contribution in [0.25, 0.3) is 0 Å². The van der Waals surface area contributed by atoms with Gasteiger partial charge in [-0.25, -0.2) is 4.79 Å². The van der Waals surface area contributed by atoms with E-state index < -0.39 is 5.97 Å². The molecule has 5 heteroatoms. The Bertz CT molecular complexity index is 546. The van der Waals surface area contributed by atoms with Crippen LogP contribution in [0.2, 0.25) is 0 Å². The van der Waals surface area contributed by atoms with E-state index in [4.69, 9.17) is 0 Å². The molecule has 108 valence electrons. The Balaban J connectivity index is 2.22. The minimum atomic E-state index is -0.954. The lowest BCUT2D eigenvalue weighted by atomic mass is 9.91. The molecule has 1 aromatic rings. The molecule has 0 amide bonds. The van der Waals surface area contributed by atoms with Crippen LogP contribution in [0, 0.1) is 0 Å². The summed E-state index contributed by atoms with van der Waals surface area (Å²) >= 11 is 0. The van der Waals surface area contributed by atoms with Crippen LogP contribution >= 0.6 is 0 Å². The highest BCUT2D eigenvalue weighted by molar-refractivity contribution is 5.87. The van der Waals surface area contributed by atoms with E-state index in [-0.39, 0.29) is 5.69 Å². The number of aromatic nitrogens is 2. The number of carboxylic acids is 1. The Morgan fingerprint density at radius 1 is 1.65 bits per heavy atom. The minimum absolute atomic E-state index is 0.184. The second-order valence-corrected chi connectivity index (χ2v) is 5.33. The molecule has 0 spiro atoms. The summed E-state index contributed by atoms with van der Waals surface area (Å²) in [5, 5.41) is 16.9. The molecule has 1 aliphatic carbocycles. The molecule has 1 heterocycles. The molecule has 1 aromatic heterocycles. The van der Waals surface area contributed by atoms with Gasteiger partial charge in [0.05, 0.1) is 6.54 Å². The molecule has 1 aliphatic rings. The number of rotatable bonds is 6. The van der Waals surface area contributed by atoms with Gasteiger partial charge >= 0.3 is 5.97 Å². The van der Waals surface area contributed by atoms with Crippen molar-refractivity contribution in [1.82, 2.24) is 15.1 Å². The van der Waals surface area contributed by atoms with Crippen molar-refractivity contribution in [3.8, 4) is 0 Å². The summed E-state index contributed by atoms with van der Waals surface area (Å²) in [6, 6.07) is 0.290. The van der Waals surface area contributed by atoms with Crippen molar-refractivity contribution < 1.29 is 9.90 Å². The Hall–Kier alpha value is -1.88. The fourth-order valence-electron chi connectivity index (χ4n) is 2.63. The summed E-state index contributed by atoms with van der Waals surface area (Å²) in [6.07, 6.45) is 4.28. The van der Waals surface area contributed by atoms with Gasteiger partial charge in [0.25, 0.3) is 0 Å². The number of carboxylic acid groups (broad SMARTS) is 1. The topological polar surface area (TPSA) is 67.2 Å². The van der Waals surface area contributed by atoms with Gasteiger partial charge in [-0.1, -0.05) is 18.2 Å². The quantitative estimate of drug-likeness (QED) is 0.777. The van der Waals surface area contributed by atoms with Crippen LogP contribution in [0.4, 0.5) is 0 Å². The third-order valence-corrected chi connectivity index (χ3v) is 3.54. The second kappa shape index (κ2) is 6.05. The maximum Gasteiger partial charge on any atom is 0.356 e. The molecule has 2 N–H and O–H groups in total. The third-order valence-electron chi connectivity index (χ3n) is 3.54. The molecule has 0 aromatic carbocycles. The standard InChI is InChI=1S/C15H21N3O2/c1-4-7-18-13-6-5-11(16-9-10(2)3)8-12(13)14(17-18)15(19)20/h4,11,16H,1-2,5-9H2,3H3,(H,19,20). The van der Waals surface area contributed by atoms with Gasteiger partial charge in [-0.05, 0) is 26.2 Å². The molecule has 0 saturated carbocycles. The van der Waals surface area contributed by atoms with Gasteiger partial charge in [-0.3, -0.25) is 4.68 Å². The van der Waals surface area contributed by atoms with Crippen LogP contribution < -0.4 is 5.32 Å². The van der Waals surface area contributed by atoms with Crippen LogP contribution in [0.3, 0.4) is 0 Å². The Morgan fingerprint density at radius 3 is 3.00 bits per heavy atom. The summed E-state index contributed by atoms with van der Waals surface area (Å²) in [7, 11) is 0. The molecule has 0 bridgehead atoms. The van der Waals surface area contributed by atoms with E-state index in [9.17, 15) is 9.90 Å². The van der Waals surface area contributed by atoms with Crippen molar-refractivity contribution in [2.24, 2.45) is 0 Å². The van der Waals surface area contributed by atoms with E-state index in [0.29, 0.717) is 19.0 Å². The van der Waals surface area contributed by atoms with E-state index in [1.807, 2.05) is 6.92 Å². The highest BCUT2D eigenvalue weighted by Crippen LogP contribution is 2.25. The fraction of sp³-hybridized carbons (Fsp3) is 0.467. The molecule has 0 saturated heterocycles. The van der Waals surface area contributed by atoms with Crippen LogP contribution in [-0.2, 0) is 19.4 Å². The molecular weight excluding hydrogens is 254 g/mol. The largest absolute Gasteiger partial charge is 0.476 e. The zero-order valence-corrected chi connectivity index (χ0v) is 11.9. The highest BCUT2D eigenvalue weighted by Gasteiger charge is 2.28. The maximum atomic E-state index is 11.3. The van der Waals surface area contributed by atoms with Crippen LogP contribution in [0.15, 0.2) is 24.8 Å².